The number of hydrogen-bond donors (Lipinski definition) is 1. The zero-order valence-corrected chi connectivity index (χ0v) is 11.8. The molecule has 0 radical (unpaired) electrons. The van der Waals surface area contributed by atoms with Crippen molar-refractivity contribution in [3.63, 3.8) is 0 Å². The molecular weight excluding hydrogens is 239 g/mol. The number of halogens is 1. The second kappa shape index (κ2) is 6.02. The Morgan fingerprint density at radius 1 is 1.32 bits per heavy atom. The van der Waals surface area contributed by atoms with E-state index in [0.717, 1.165) is 24.1 Å². The van der Waals surface area contributed by atoms with Crippen molar-refractivity contribution in [1.82, 2.24) is 9.88 Å². The molecule has 2 aromatic rings. The Hall–Kier alpha value is -1.61. The molecule has 1 aromatic carbocycles. The van der Waals surface area contributed by atoms with Crippen molar-refractivity contribution in [3.05, 3.63) is 59.2 Å². The number of hydrogen-bond acceptors (Lipinski definition) is 1. The first-order valence-corrected chi connectivity index (χ1v) is 6.72. The predicted molar refractivity (Wildman–Crippen MR) is 76.8 cm³/mol. The van der Waals surface area contributed by atoms with E-state index < -0.39 is 0 Å². The average molecular weight is 260 g/mol. The topological polar surface area (TPSA) is 17.0 Å². The van der Waals surface area contributed by atoms with Crippen LogP contribution in [0.25, 0.3) is 0 Å². The van der Waals surface area contributed by atoms with Crippen molar-refractivity contribution in [3.8, 4) is 0 Å². The van der Waals surface area contributed by atoms with Gasteiger partial charge in [0.1, 0.15) is 5.82 Å². The second-order valence-corrected chi connectivity index (χ2v) is 4.94. The second-order valence-electron chi connectivity index (χ2n) is 4.94. The molecule has 1 aromatic heterocycles. The standard InChI is InChI=1S/C16H21FN2/c1-4-16(18-3)14-7-8-19(11-14)10-13-5-6-15(17)9-12(13)2/h5-9,11,16,18H,4,10H2,1-3H3. The molecule has 1 atom stereocenters. The molecule has 0 spiro atoms. The molecule has 102 valence electrons. The lowest BCUT2D eigenvalue weighted by Crippen LogP contribution is -2.14. The molecule has 1 unspecified atom stereocenters. The van der Waals surface area contributed by atoms with Gasteiger partial charge in [-0.05, 0) is 55.3 Å². The van der Waals surface area contributed by atoms with E-state index in [1.165, 1.54) is 11.6 Å². The third kappa shape index (κ3) is 3.24. The van der Waals surface area contributed by atoms with E-state index in [9.17, 15) is 4.39 Å². The number of aromatic nitrogens is 1. The van der Waals surface area contributed by atoms with E-state index in [-0.39, 0.29) is 5.82 Å². The highest BCUT2D eigenvalue weighted by Crippen LogP contribution is 2.18. The zero-order chi connectivity index (χ0) is 13.8. The summed E-state index contributed by atoms with van der Waals surface area (Å²) in [5.41, 5.74) is 3.45. The summed E-state index contributed by atoms with van der Waals surface area (Å²) in [6, 6.07) is 7.51. The lowest BCUT2D eigenvalue weighted by molar-refractivity contribution is 0.575. The molecule has 19 heavy (non-hydrogen) atoms. The predicted octanol–water partition coefficient (Wildman–Crippen LogP) is 3.65. The number of nitrogens with zero attached hydrogens (tertiary/aromatic N) is 1. The molecule has 0 saturated heterocycles. The fourth-order valence-electron chi connectivity index (χ4n) is 2.40. The summed E-state index contributed by atoms with van der Waals surface area (Å²) >= 11 is 0. The Balaban J connectivity index is 2.15. The summed E-state index contributed by atoms with van der Waals surface area (Å²) < 4.78 is 15.2. The Labute approximate surface area is 114 Å². The normalized spacial score (nSPS) is 12.6. The fraction of sp³-hybridized carbons (Fsp3) is 0.375. The van der Waals surface area contributed by atoms with Gasteiger partial charge in [-0.15, -0.1) is 0 Å². The van der Waals surface area contributed by atoms with E-state index in [2.05, 4.69) is 35.3 Å². The van der Waals surface area contributed by atoms with Crippen LogP contribution in [-0.2, 0) is 6.54 Å². The van der Waals surface area contributed by atoms with Gasteiger partial charge in [0, 0.05) is 25.0 Å². The van der Waals surface area contributed by atoms with Gasteiger partial charge in [-0.25, -0.2) is 4.39 Å². The van der Waals surface area contributed by atoms with Gasteiger partial charge in [0.15, 0.2) is 0 Å². The van der Waals surface area contributed by atoms with Crippen LogP contribution in [0.1, 0.15) is 36.1 Å². The summed E-state index contributed by atoms with van der Waals surface area (Å²) in [6.07, 6.45) is 5.31. The quantitative estimate of drug-likeness (QED) is 0.868. The van der Waals surface area contributed by atoms with Crippen molar-refractivity contribution in [2.45, 2.75) is 32.9 Å². The molecule has 0 aliphatic rings. The average Bonchev–Trinajstić information content (AvgIpc) is 2.83. The zero-order valence-electron chi connectivity index (χ0n) is 11.8. The number of nitrogens with one attached hydrogen (secondary N) is 1. The molecule has 0 amide bonds. The summed E-state index contributed by atoms with van der Waals surface area (Å²) in [5.74, 6) is -0.171. The maximum atomic E-state index is 13.1. The fourth-order valence-corrected chi connectivity index (χ4v) is 2.40. The molecular formula is C16H21FN2. The minimum absolute atomic E-state index is 0.171. The minimum atomic E-state index is -0.171. The van der Waals surface area contributed by atoms with Crippen LogP contribution in [0.5, 0.6) is 0 Å². The van der Waals surface area contributed by atoms with Gasteiger partial charge in [-0.1, -0.05) is 13.0 Å². The Morgan fingerprint density at radius 3 is 2.74 bits per heavy atom. The molecule has 2 rings (SSSR count). The Bertz CT molecular complexity index is 541. The van der Waals surface area contributed by atoms with Crippen molar-refractivity contribution in [1.29, 1.82) is 0 Å². The minimum Gasteiger partial charge on any atom is -0.350 e. The summed E-state index contributed by atoms with van der Waals surface area (Å²) in [4.78, 5) is 0. The van der Waals surface area contributed by atoms with E-state index >= 15 is 0 Å². The van der Waals surface area contributed by atoms with Crippen molar-refractivity contribution < 1.29 is 4.39 Å². The molecule has 2 nitrogen and oxygen atoms in total. The van der Waals surface area contributed by atoms with Gasteiger partial charge in [0.05, 0.1) is 0 Å². The highest BCUT2D eigenvalue weighted by atomic mass is 19.1. The third-order valence-electron chi connectivity index (χ3n) is 3.59. The van der Waals surface area contributed by atoms with Crippen LogP contribution in [0.15, 0.2) is 36.7 Å². The first kappa shape index (κ1) is 13.8. The van der Waals surface area contributed by atoms with Gasteiger partial charge >= 0.3 is 0 Å². The van der Waals surface area contributed by atoms with E-state index in [1.807, 2.05) is 20.0 Å². The van der Waals surface area contributed by atoms with Gasteiger partial charge in [0.25, 0.3) is 0 Å². The number of aryl methyl sites for hydroxylation is 1. The van der Waals surface area contributed by atoms with E-state index in [1.54, 1.807) is 6.07 Å². The molecule has 0 bridgehead atoms. The molecule has 1 N–H and O–H groups in total. The first-order valence-electron chi connectivity index (χ1n) is 6.72. The smallest absolute Gasteiger partial charge is 0.123 e. The van der Waals surface area contributed by atoms with Crippen molar-refractivity contribution in [2.75, 3.05) is 7.05 Å². The highest BCUT2D eigenvalue weighted by Gasteiger charge is 2.08. The Kier molecular flexibility index (Phi) is 4.38. The van der Waals surface area contributed by atoms with Gasteiger partial charge in [-0.2, -0.15) is 0 Å². The monoisotopic (exact) mass is 260 g/mol. The Morgan fingerprint density at radius 2 is 2.11 bits per heavy atom. The van der Waals surface area contributed by atoms with Gasteiger partial charge in [-0.3, -0.25) is 0 Å². The largest absolute Gasteiger partial charge is 0.350 e. The highest BCUT2D eigenvalue weighted by molar-refractivity contribution is 5.27. The maximum absolute atomic E-state index is 13.1. The molecule has 1 heterocycles. The van der Waals surface area contributed by atoms with Crippen LogP contribution >= 0.6 is 0 Å². The van der Waals surface area contributed by atoms with Gasteiger partial charge < -0.3 is 9.88 Å². The van der Waals surface area contributed by atoms with Crippen molar-refractivity contribution >= 4 is 0 Å². The lowest BCUT2D eigenvalue weighted by Gasteiger charge is -2.12. The van der Waals surface area contributed by atoms with Crippen LogP contribution < -0.4 is 5.32 Å². The first-order chi connectivity index (χ1) is 9.13. The van der Waals surface area contributed by atoms with Crippen LogP contribution in [0.3, 0.4) is 0 Å². The third-order valence-corrected chi connectivity index (χ3v) is 3.59. The van der Waals surface area contributed by atoms with Crippen LogP contribution in [0, 0.1) is 12.7 Å². The maximum Gasteiger partial charge on any atom is 0.123 e. The van der Waals surface area contributed by atoms with E-state index in [4.69, 9.17) is 0 Å². The van der Waals surface area contributed by atoms with Crippen LogP contribution in [0.4, 0.5) is 4.39 Å². The van der Waals surface area contributed by atoms with Crippen LogP contribution in [0.2, 0.25) is 0 Å². The SMILES string of the molecule is CCC(NC)c1ccn(Cc2ccc(F)cc2C)c1. The number of rotatable bonds is 5. The molecule has 0 saturated carbocycles. The summed E-state index contributed by atoms with van der Waals surface area (Å²) in [5, 5.41) is 3.30. The molecule has 0 aliphatic carbocycles. The van der Waals surface area contributed by atoms with Crippen molar-refractivity contribution in [2.24, 2.45) is 0 Å². The molecule has 3 heteroatoms. The molecule has 0 fully saturated rings. The van der Waals surface area contributed by atoms with Crippen LogP contribution in [-0.4, -0.2) is 11.6 Å². The van der Waals surface area contributed by atoms with Gasteiger partial charge in [0.2, 0.25) is 0 Å². The lowest BCUT2D eigenvalue weighted by atomic mass is 10.1. The van der Waals surface area contributed by atoms with E-state index in [0.29, 0.717) is 6.04 Å². The summed E-state index contributed by atoms with van der Waals surface area (Å²) in [7, 11) is 1.98. The molecule has 0 aliphatic heterocycles. The number of benzene rings is 1. The summed E-state index contributed by atoms with van der Waals surface area (Å²) in [6.45, 7) is 4.90.